The minimum absolute atomic E-state index is 0. The molecule has 0 aromatic heterocycles. The van der Waals surface area contributed by atoms with Crippen LogP contribution in [0.1, 0.15) is 59.7 Å². The molecule has 0 radical (unpaired) electrons. The van der Waals surface area contributed by atoms with Gasteiger partial charge in [0, 0.05) is 7.34 Å². The lowest BCUT2D eigenvalue weighted by molar-refractivity contribution is 0.167. The first-order valence-electron chi connectivity index (χ1n) is 7.96. The molecule has 0 saturated heterocycles. The van der Waals surface area contributed by atoms with Gasteiger partial charge in [-0.05, 0) is 56.4 Å². The second kappa shape index (κ2) is 7.57. The van der Waals surface area contributed by atoms with E-state index in [1.54, 1.807) is 0 Å². The Hall–Kier alpha value is -0.980. The Morgan fingerprint density at radius 1 is 1.32 bits per heavy atom. The van der Waals surface area contributed by atoms with Crippen molar-refractivity contribution in [2.45, 2.75) is 58.3 Å². The van der Waals surface area contributed by atoms with Crippen molar-refractivity contribution in [2.75, 3.05) is 6.61 Å². The van der Waals surface area contributed by atoms with Crippen molar-refractivity contribution < 1.29 is 6.16 Å². The molecule has 0 N–H and O–H groups in total. The zero-order chi connectivity index (χ0) is 13.5. The summed E-state index contributed by atoms with van der Waals surface area (Å²) in [4.78, 5) is 0. The molecule has 1 nitrogen and oxygen atoms in total. The maximum absolute atomic E-state index is 5.93. The van der Waals surface area contributed by atoms with Gasteiger partial charge in [0.2, 0.25) is 0 Å². The molecule has 0 atom stereocenters. The number of hydrogen-bond acceptors (Lipinski definition) is 1. The third-order valence-corrected chi connectivity index (χ3v) is 4.62. The standard InChI is InChI=1S/C18H28O.H2/c1-3-16-10-12-18(13-11-16)15(2)19-14-17-8-6-4-5-7-9-17;/h6,8-9,16,18H,2-5,7,10-14H2,1H3;1H. The molecule has 0 heterocycles. The molecule has 0 spiro atoms. The number of allylic oxidation sites excluding steroid dienone is 3. The predicted octanol–water partition coefficient (Wildman–Crippen LogP) is 5.65. The van der Waals surface area contributed by atoms with Crippen molar-refractivity contribution >= 4 is 0 Å². The second-order valence-corrected chi connectivity index (χ2v) is 5.99. The molecule has 0 aromatic rings. The minimum Gasteiger partial charge on any atom is -0.494 e. The number of hydrogen-bond donors (Lipinski definition) is 0. The van der Waals surface area contributed by atoms with Gasteiger partial charge in [0.15, 0.2) is 0 Å². The van der Waals surface area contributed by atoms with Crippen LogP contribution in [0.2, 0.25) is 0 Å². The van der Waals surface area contributed by atoms with Crippen LogP contribution in [0.15, 0.2) is 36.1 Å². The molecule has 19 heavy (non-hydrogen) atoms. The average molecular weight is 262 g/mol. The van der Waals surface area contributed by atoms with Crippen molar-refractivity contribution in [1.82, 2.24) is 0 Å². The van der Waals surface area contributed by atoms with E-state index in [2.05, 4.69) is 31.7 Å². The minimum atomic E-state index is 0. The van der Waals surface area contributed by atoms with Crippen molar-refractivity contribution in [1.29, 1.82) is 0 Å². The van der Waals surface area contributed by atoms with Crippen LogP contribution in [0.25, 0.3) is 0 Å². The maximum atomic E-state index is 5.93. The van der Waals surface area contributed by atoms with E-state index in [0.717, 1.165) is 11.7 Å². The summed E-state index contributed by atoms with van der Waals surface area (Å²) in [5.74, 6) is 2.56. The molecule has 0 aliphatic heterocycles. The fourth-order valence-corrected chi connectivity index (χ4v) is 3.12. The summed E-state index contributed by atoms with van der Waals surface area (Å²) in [6.45, 7) is 7.18. The number of rotatable bonds is 5. The fraction of sp³-hybridized carbons (Fsp3) is 0.667. The lowest BCUT2D eigenvalue weighted by Crippen LogP contribution is -2.17. The quantitative estimate of drug-likeness (QED) is 0.582. The third kappa shape index (κ3) is 4.56. The molecule has 108 valence electrons. The summed E-state index contributed by atoms with van der Waals surface area (Å²) in [5.41, 5.74) is 1.32. The van der Waals surface area contributed by atoms with Gasteiger partial charge >= 0.3 is 0 Å². The molecule has 0 amide bonds. The van der Waals surface area contributed by atoms with Crippen LogP contribution in [0.5, 0.6) is 0 Å². The zero-order valence-corrected chi connectivity index (χ0v) is 12.4. The second-order valence-electron chi connectivity index (χ2n) is 5.99. The van der Waals surface area contributed by atoms with Gasteiger partial charge in [0.25, 0.3) is 0 Å². The van der Waals surface area contributed by atoms with E-state index < -0.39 is 0 Å². The lowest BCUT2D eigenvalue weighted by Gasteiger charge is -2.29. The van der Waals surface area contributed by atoms with E-state index in [9.17, 15) is 0 Å². The van der Waals surface area contributed by atoms with Gasteiger partial charge in [0.1, 0.15) is 6.61 Å². The topological polar surface area (TPSA) is 9.23 Å². The molecule has 1 fully saturated rings. The normalized spacial score (nSPS) is 27.5. The van der Waals surface area contributed by atoms with Crippen LogP contribution >= 0.6 is 0 Å². The highest BCUT2D eigenvalue weighted by atomic mass is 16.5. The highest BCUT2D eigenvalue weighted by molar-refractivity contribution is 5.21. The molecule has 0 bridgehead atoms. The summed E-state index contributed by atoms with van der Waals surface area (Å²) in [7, 11) is 0. The van der Waals surface area contributed by atoms with Crippen molar-refractivity contribution in [2.24, 2.45) is 11.8 Å². The molecular weight excluding hydrogens is 232 g/mol. The van der Waals surface area contributed by atoms with E-state index >= 15 is 0 Å². The van der Waals surface area contributed by atoms with Crippen molar-refractivity contribution in [3.8, 4) is 0 Å². The summed E-state index contributed by atoms with van der Waals surface area (Å²) >= 11 is 0. The van der Waals surface area contributed by atoms with Gasteiger partial charge < -0.3 is 4.74 Å². The van der Waals surface area contributed by atoms with Gasteiger partial charge in [-0.1, -0.05) is 38.2 Å². The predicted molar refractivity (Wildman–Crippen MR) is 84.0 cm³/mol. The maximum Gasteiger partial charge on any atom is 0.112 e. The van der Waals surface area contributed by atoms with E-state index in [1.165, 1.54) is 56.9 Å². The van der Waals surface area contributed by atoms with Crippen molar-refractivity contribution in [3.63, 3.8) is 0 Å². The Balaban J connectivity index is 0.00000200. The van der Waals surface area contributed by atoms with Gasteiger partial charge in [-0.3, -0.25) is 0 Å². The van der Waals surface area contributed by atoms with E-state index in [0.29, 0.717) is 12.5 Å². The summed E-state index contributed by atoms with van der Waals surface area (Å²) in [6, 6.07) is 0. The van der Waals surface area contributed by atoms with Crippen LogP contribution < -0.4 is 0 Å². The van der Waals surface area contributed by atoms with E-state index in [-0.39, 0.29) is 1.43 Å². The fourth-order valence-electron chi connectivity index (χ4n) is 3.12. The monoisotopic (exact) mass is 262 g/mol. The average Bonchev–Trinajstić information content (AvgIpc) is 2.73. The molecule has 2 aliphatic carbocycles. The summed E-state index contributed by atoms with van der Waals surface area (Å²) in [5, 5.41) is 0. The van der Waals surface area contributed by atoms with Crippen LogP contribution in [0.3, 0.4) is 0 Å². The Labute approximate surface area is 119 Å². The highest BCUT2D eigenvalue weighted by Crippen LogP contribution is 2.34. The Morgan fingerprint density at radius 3 is 2.84 bits per heavy atom. The van der Waals surface area contributed by atoms with E-state index in [4.69, 9.17) is 4.74 Å². The Kier molecular flexibility index (Phi) is 5.75. The molecular formula is C18H30O. The van der Waals surface area contributed by atoms with Gasteiger partial charge in [-0.25, -0.2) is 0 Å². The third-order valence-electron chi connectivity index (χ3n) is 4.62. The number of ether oxygens (including phenoxy) is 1. The Morgan fingerprint density at radius 2 is 2.11 bits per heavy atom. The first kappa shape index (κ1) is 14.4. The summed E-state index contributed by atoms with van der Waals surface area (Å²) in [6.07, 6.45) is 17.0. The summed E-state index contributed by atoms with van der Waals surface area (Å²) < 4.78 is 5.93. The van der Waals surface area contributed by atoms with Gasteiger partial charge in [-0.2, -0.15) is 0 Å². The highest BCUT2D eigenvalue weighted by Gasteiger charge is 2.22. The molecule has 2 rings (SSSR count). The van der Waals surface area contributed by atoms with Crippen LogP contribution in [-0.2, 0) is 4.74 Å². The van der Waals surface area contributed by atoms with E-state index in [1.807, 2.05) is 0 Å². The first-order chi connectivity index (χ1) is 9.29. The SMILES string of the molecule is C=C(OCC1=CCCCC=C1)C1CCC(CC)CC1.[HH]. The smallest absolute Gasteiger partial charge is 0.112 e. The van der Waals surface area contributed by atoms with Crippen LogP contribution in [-0.4, -0.2) is 6.61 Å². The van der Waals surface area contributed by atoms with Crippen LogP contribution in [0, 0.1) is 11.8 Å². The molecule has 0 unspecified atom stereocenters. The largest absolute Gasteiger partial charge is 0.494 e. The van der Waals surface area contributed by atoms with Gasteiger partial charge in [-0.15, -0.1) is 0 Å². The van der Waals surface area contributed by atoms with Crippen LogP contribution in [0.4, 0.5) is 0 Å². The zero-order valence-electron chi connectivity index (χ0n) is 12.4. The molecule has 0 aromatic carbocycles. The molecule has 2 aliphatic rings. The Bertz CT molecular complexity index is 348. The molecule has 1 saturated carbocycles. The van der Waals surface area contributed by atoms with Gasteiger partial charge in [0.05, 0.1) is 5.76 Å². The molecule has 1 heteroatoms. The van der Waals surface area contributed by atoms with Crippen molar-refractivity contribution in [3.05, 3.63) is 36.1 Å². The lowest BCUT2D eigenvalue weighted by atomic mass is 9.80. The first-order valence-corrected chi connectivity index (χ1v) is 7.96.